The molecule has 7 nitrogen and oxygen atoms in total. The summed E-state index contributed by atoms with van der Waals surface area (Å²) in [6.07, 6.45) is 0.688. The Kier molecular flexibility index (Phi) is 4.02. The Morgan fingerprint density at radius 1 is 1.38 bits per heavy atom. The number of carbonyl (C=O) groups excluding carboxylic acids is 2. The Balaban J connectivity index is 2.43. The van der Waals surface area contributed by atoms with E-state index in [0.717, 1.165) is 9.87 Å². The lowest BCUT2D eigenvalue weighted by Crippen LogP contribution is -2.58. The van der Waals surface area contributed by atoms with Crippen molar-refractivity contribution in [2.45, 2.75) is 31.2 Å². The average Bonchev–Trinajstić information content (AvgIpc) is 2.42. The normalized spacial score (nSPS) is 20.4. The van der Waals surface area contributed by atoms with Crippen LogP contribution in [0.15, 0.2) is 23.1 Å². The standard InChI is InChI=1S/C13H17N3O4S/c1-3-9-4-5-10(6-11(9)14)21(19,20)16-7-12(17)15-13(18)8(16)2/h4-6,8H,3,7,14H2,1-2H3,(H,15,17,18). The molecule has 2 rings (SSSR count). The second-order valence-electron chi connectivity index (χ2n) is 4.85. The van der Waals surface area contributed by atoms with E-state index in [9.17, 15) is 18.0 Å². The van der Waals surface area contributed by atoms with Crippen LogP contribution >= 0.6 is 0 Å². The smallest absolute Gasteiger partial charge is 0.244 e. The Morgan fingerprint density at radius 2 is 2.05 bits per heavy atom. The molecule has 1 unspecified atom stereocenters. The lowest BCUT2D eigenvalue weighted by molar-refractivity contribution is -0.136. The van der Waals surface area contributed by atoms with Gasteiger partial charge in [-0.2, -0.15) is 4.31 Å². The minimum absolute atomic E-state index is 0.0217. The molecule has 0 bridgehead atoms. The van der Waals surface area contributed by atoms with Crippen LogP contribution in [0, 0.1) is 0 Å². The summed E-state index contributed by atoms with van der Waals surface area (Å²) in [5.74, 6) is -1.27. The number of imide groups is 1. The van der Waals surface area contributed by atoms with Gasteiger partial charge in [0.2, 0.25) is 21.8 Å². The van der Waals surface area contributed by atoms with Gasteiger partial charge < -0.3 is 5.73 Å². The molecule has 8 heteroatoms. The Morgan fingerprint density at radius 3 is 2.62 bits per heavy atom. The van der Waals surface area contributed by atoms with Gasteiger partial charge in [-0.05, 0) is 31.0 Å². The van der Waals surface area contributed by atoms with E-state index in [0.29, 0.717) is 12.1 Å². The number of anilines is 1. The molecule has 1 fully saturated rings. The number of hydrogen-bond acceptors (Lipinski definition) is 5. The second-order valence-corrected chi connectivity index (χ2v) is 6.74. The summed E-state index contributed by atoms with van der Waals surface area (Å²) in [5.41, 5.74) is 7.03. The predicted molar refractivity (Wildman–Crippen MR) is 76.7 cm³/mol. The average molecular weight is 311 g/mol. The molecule has 2 amide bonds. The van der Waals surface area contributed by atoms with Crippen LogP contribution in [0.2, 0.25) is 0 Å². The molecule has 0 spiro atoms. The number of nitrogens with two attached hydrogens (primary N) is 1. The lowest BCUT2D eigenvalue weighted by Gasteiger charge is -2.30. The van der Waals surface area contributed by atoms with E-state index in [1.165, 1.54) is 19.1 Å². The monoisotopic (exact) mass is 311 g/mol. The summed E-state index contributed by atoms with van der Waals surface area (Å²) in [6.45, 7) is 2.96. The molecule has 0 aliphatic carbocycles. The fourth-order valence-corrected chi connectivity index (χ4v) is 3.76. The number of nitrogens with one attached hydrogen (secondary N) is 1. The highest BCUT2D eigenvalue weighted by atomic mass is 32.2. The fourth-order valence-electron chi connectivity index (χ4n) is 2.17. The van der Waals surface area contributed by atoms with E-state index < -0.39 is 27.9 Å². The molecule has 1 atom stereocenters. The number of piperazine rings is 1. The second kappa shape index (κ2) is 5.45. The van der Waals surface area contributed by atoms with Crippen LogP contribution in [-0.4, -0.2) is 37.1 Å². The predicted octanol–water partition coefficient (Wildman–Crippen LogP) is -0.133. The first-order chi connectivity index (χ1) is 9.77. The van der Waals surface area contributed by atoms with E-state index in [4.69, 9.17) is 5.73 Å². The largest absolute Gasteiger partial charge is 0.398 e. The molecule has 1 aromatic carbocycles. The quantitative estimate of drug-likeness (QED) is 0.597. The van der Waals surface area contributed by atoms with Gasteiger partial charge in [0.05, 0.1) is 11.4 Å². The first-order valence-corrected chi connectivity index (χ1v) is 7.95. The van der Waals surface area contributed by atoms with Crippen molar-refractivity contribution in [3.8, 4) is 0 Å². The third kappa shape index (κ3) is 2.77. The summed E-state index contributed by atoms with van der Waals surface area (Å²) in [6, 6.07) is 3.49. The van der Waals surface area contributed by atoms with Crippen molar-refractivity contribution in [2.24, 2.45) is 0 Å². The van der Waals surface area contributed by atoms with Crippen molar-refractivity contribution < 1.29 is 18.0 Å². The molecule has 21 heavy (non-hydrogen) atoms. The van der Waals surface area contributed by atoms with E-state index in [2.05, 4.69) is 5.32 Å². The Labute approximate surface area is 123 Å². The molecule has 1 heterocycles. The minimum Gasteiger partial charge on any atom is -0.398 e. The number of aryl methyl sites for hydroxylation is 1. The third-order valence-corrected chi connectivity index (χ3v) is 5.39. The zero-order valence-electron chi connectivity index (χ0n) is 11.8. The van der Waals surface area contributed by atoms with Gasteiger partial charge in [-0.3, -0.25) is 14.9 Å². The van der Waals surface area contributed by atoms with E-state index in [-0.39, 0.29) is 11.4 Å². The van der Waals surface area contributed by atoms with E-state index in [1.54, 1.807) is 6.07 Å². The molecule has 1 aromatic rings. The number of sulfonamides is 1. The van der Waals surface area contributed by atoms with Crippen molar-refractivity contribution in [3.63, 3.8) is 0 Å². The topological polar surface area (TPSA) is 110 Å². The van der Waals surface area contributed by atoms with Crippen molar-refractivity contribution in [1.82, 2.24) is 9.62 Å². The molecule has 1 saturated heterocycles. The molecule has 1 aliphatic heterocycles. The van der Waals surface area contributed by atoms with Gasteiger partial charge >= 0.3 is 0 Å². The molecule has 3 N–H and O–H groups in total. The van der Waals surface area contributed by atoms with Crippen LogP contribution in [0.3, 0.4) is 0 Å². The fraction of sp³-hybridized carbons (Fsp3) is 0.385. The number of carbonyl (C=O) groups is 2. The van der Waals surface area contributed by atoms with Crippen LogP contribution in [0.25, 0.3) is 0 Å². The van der Waals surface area contributed by atoms with Gasteiger partial charge in [-0.15, -0.1) is 0 Å². The van der Waals surface area contributed by atoms with Crippen molar-refractivity contribution in [3.05, 3.63) is 23.8 Å². The van der Waals surface area contributed by atoms with Gasteiger partial charge in [0.15, 0.2) is 0 Å². The molecule has 0 saturated carbocycles. The highest BCUT2D eigenvalue weighted by Crippen LogP contribution is 2.24. The Bertz CT molecular complexity index is 699. The van der Waals surface area contributed by atoms with Crippen LogP contribution in [0.5, 0.6) is 0 Å². The zero-order valence-corrected chi connectivity index (χ0v) is 12.6. The van der Waals surface area contributed by atoms with Gasteiger partial charge in [-0.25, -0.2) is 8.42 Å². The minimum atomic E-state index is -3.95. The van der Waals surface area contributed by atoms with Gasteiger partial charge in [0, 0.05) is 5.69 Å². The third-order valence-electron chi connectivity index (χ3n) is 3.48. The summed E-state index contributed by atoms with van der Waals surface area (Å²) < 4.78 is 26.0. The Hall–Kier alpha value is -1.93. The van der Waals surface area contributed by atoms with E-state index >= 15 is 0 Å². The summed E-state index contributed by atoms with van der Waals surface area (Å²) in [7, 11) is -3.95. The van der Waals surface area contributed by atoms with Crippen molar-refractivity contribution >= 4 is 27.5 Å². The summed E-state index contributed by atoms with van der Waals surface area (Å²) in [4.78, 5) is 23.0. The summed E-state index contributed by atoms with van der Waals surface area (Å²) in [5, 5.41) is 2.10. The molecule has 114 valence electrons. The highest BCUT2D eigenvalue weighted by Gasteiger charge is 2.38. The first-order valence-electron chi connectivity index (χ1n) is 6.51. The highest BCUT2D eigenvalue weighted by molar-refractivity contribution is 7.89. The van der Waals surface area contributed by atoms with Gasteiger partial charge in [0.25, 0.3) is 0 Å². The molecule has 0 aromatic heterocycles. The number of nitrogens with zero attached hydrogens (tertiary/aromatic N) is 1. The number of benzene rings is 1. The lowest BCUT2D eigenvalue weighted by atomic mass is 10.1. The van der Waals surface area contributed by atoms with Crippen LogP contribution < -0.4 is 11.1 Å². The SMILES string of the molecule is CCc1ccc(S(=O)(=O)N2CC(=O)NC(=O)C2C)cc1N. The number of amides is 2. The van der Waals surface area contributed by atoms with Crippen molar-refractivity contribution in [1.29, 1.82) is 0 Å². The molecular formula is C13H17N3O4S. The first kappa shape index (κ1) is 15.5. The van der Waals surface area contributed by atoms with E-state index in [1.807, 2.05) is 6.92 Å². The molecule has 0 radical (unpaired) electrons. The maximum atomic E-state index is 12.6. The van der Waals surface area contributed by atoms with Crippen LogP contribution in [0.4, 0.5) is 5.69 Å². The number of nitrogen functional groups attached to an aromatic ring is 1. The maximum Gasteiger partial charge on any atom is 0.244 e. The molecule has 1 aliphatic rings. The van der Waals surface area contributed by atoms with Gasteiger partial charge in [0.1, 0.15) is 6.04 Å². The van der Waals surface area contributed by atoms with Crippen LogP contribution in [0.1, 0.15) is 19.4 Å². The maximum absolute atomic E-state index is 12.6. The van der Waals surface area contributed by atoms with Crippen molar-refractivity contribution in [2.75, 3.05) is 12.3 Å². The zero-order chi connectivity index (χ0) is 15.8. The molecular weight excluding hydrogens is 294 g/mol. The van der Waals surface area contributed by atoms with Gasteiger partial charge in [-0.1, -0.05) is 13.0 Å². The number of rotatable bonds is 3. The number of hydrogen-bond donors (Lipinski definition) is 2. The summed E-state index contributed by atoms with van der Waals surface area (Å²) >= 11 is 0. The van der Waals surface area contributed by atoms with Crippen LogP contribution in [-0.2, 0) is 26.0 Å².